The zero-order chi connectivity index (χ0) is 18.0. The number of carbonyl (C=O) groups is 2. The van der Waals surface area contributed by atoms with E-state index in [1.165, 1.54) is 11.3 Å². The molecule has 1 aliphatic heterocycles. The van der Waals surface area contributed by atoms with Gasteiger partial charge in [-0.25, -0.2) is 4.79 Å². The average molecular weight is 359 g/mol. The van der Waals surface area contributed by atoms with E-state index >= 15 is 0 Å². The third kappa shape index (κ3) is 3.39. The van der Waals surface area contributed by atoms with Crippen molar-refractivity contribution in [2.45, 2.75) is 39.7 Å². The van der Waals surface area contributed by atoms with Crippen LogP contribution in [0.2, 0.25) is 0 Å². The number of esters is 1. The van der Waals surface area contributed by atoms with Gasteiger partial charge in [0.1, 0.15) is 10.8 Å². The zero-order valence-corrected chi connectivity index (χ0v) is 15.4. The lowest BCUT2D eigenvalue weighted by atomic mass is 10.1. The predicted molar refractivity (Wildman–Crippen MR) is 97.6 cm³/mol. The Morgan fingerprint density at radius 3 is 2.76 bits per heavy atom. The van der Waals surface area contributed by atoms with Crippen LogP contribution in [0.25, 0.3) is 0 Å². The molecule has 25 heavy (non-hydrogen) atoms. The van der Waals surface area contributed by atoms with Gasteiger partial charge in [0, 0.05) is 11.3 Å². The second-order valence-corrected chi connectivity index (χ2v) is 7.05. The third-order valence-electron chi connectivity index (χ3n) is 4.22. The molecule has 6 heteroatoms. The number of rotatable bonds is 5. The molecular weight excluding hydrogens is 338 g/mol. The SMILES string of the molecule is CCOC(=O)c1c(NC(=O)C2Cc3ccccc3O2)sc(C)c1CC. The number of benzene rings is 1. The summed E-state index contributed by atoms with van der Waals surface area (Å²) in [5, 5.41) is 3.42. The molecule has 2 aromatic rings. The van der Waals surface area contributed by atoms with Gasteiger partial charge in [0.05, 0.1) is 12.2 Å². The monoisotopic (exact) mass is 359 g/mol. The van der Waals surface area contributed by atoms with Gasteiger partial charge in [-0.2, -0.15) is 0 Å². The first-order valence-corrected chi connectivity index (χ1v) is 9.21. The lowest BCUT2D eigenvalue weighted by Crippen LogP contribution is -2.31. The number of thiophene rings is 1. The second-order valence-electron chi connectivity index (χ2n) is 5.82. The topological polar surface area (TPSA) is 64.6 Å². The van der Waals surface area contributed by atoms with Crippen molar-refractivity contribution in [2.24, 2.45) is 0 Å². The molecule has 3 rings (SSSR count). The van der Waals surface area contributed by atoms with Crippen LogP contribution in [0.4, 0.5) is 5.00 Å². The van der Waals surface area contributed by atoms with Crippen molar-refractivity contribution in [3.63, 3.8) is 0 Å². The normalized spacial score (nSPS) is 15.4. The minimum atomic E-state index is -0.583. The maximum atomic E-state index is 12.6. The molecule has 132 valence electrons. The van der Waals surface area contributed by atoms with Crippen molar-refractivity contribution in [3.05, 3.63) is 45.8 Å². The number of fused-ring (bicyclic) bond motifs is 1. The molecule has 1 N–H and O–H groups in total. The van der Waals surface area contributed by atoms with E-state index < -0.39 is 12.1 Å². The summed E-state index contributed by atoms with van der Waals surface area (Å²) in [7, 11) is 0. The summed E-state index contributed by atoms with van der Waals surface area (Å²) in [5.74, 6) is 0.102. The van der Waals surface area contributed by atoms with Gasteiger partial charge >= 0.3 is 5.97 Å². The van der Waals surface area contributed by atoms with Crippen molar-refractivity contribution in [2.75, 3.05) is 11.9 Å². The molecule has 2 heterocycles. The molecule has 0 aliphatic carbocycles. The number of para-hydroxylation sites is 1. The summed E-state index contributed by atoms with van der Waals surface area (Å²) < 4.78 is 10.9. The van der Waals surface area contributed by atoms with Gasteiger partial charge in [-0.15, -0.1) is 11.3 Å². The number of nitrogens with one attached hydrogen (secondary N) is 1. The van der Waals surface area contributed by atoms with Gasteiger partial charge in [0.2, 0.25) is 0 Å². The Hall–Kier alpha value is -2.34. The van der Waals surface area contributed by atoms with Gasteiger partial charge in [-0.05, 0) is 37.5 Å². The minimum Gasteiger partial charge on any atom is -0.480 e. The highest BCUT2D eigenvalue weighted by Gasteiger charge is 2.31. The molecule has 0 saturated carbocycles. The van der Waals surface area contributed by atoms with E-state index in [-0.39, 0.29) is 5.91 Å². The van der Waals surface area contributed by atoms with Gasteiger partial charge in [-0.3, -0.25) is 4.79 Å². The van der Waals surface area contributed by atoms with Crippen LogP contribution in [0.1, 0.15) is 40.2 Å². The summed E-state index contributed by atoms with van der Waals surface area (Å²) in [5.41, 5.74) is 2.41. The first-order valence-electron chi connectivity index (χ1n) is 8.39. The summed E-state index contributed by atoms with van der Waals surface area (Å²) >= 11 is 1.40. The van der Waals surface area contributed by atoms with Crippen molar-refractivity contribution in [3.8, 4) is 5.75 Å². The molecule has 1 aromatic carbocycles. The zero-order valence-electron chi connectivity index (χ0n) is 14.5. The van der Waals surface area contributed by atoms with Gasteiger partial charge in [0.25, 0.3) is 5.91 Å². The summed E-state index contributed by atoms with van der Waals surface area (Å²) in [4.78, 5) is 26.0. The molecule has 1 aromatic heterocycles. The Bertz CT molecular complexity index is 787. The van der Waals surface area contributed by atoms with E-state index in [9.17, 15) is 9.59 Å². The highest BCUT2D eigenvalue weighted by atomic mass is 32.1. The number of carbonyl (C=O) groups excluding carboxylic acids is 2. The number of hydrogen-bond donors (Lipinski definition) is 1. The van der Waals surface area contributed by atoms with Crippen LogP contribution >= 0.6 is 11.3 Å². The molecule has 0 fully saturated rings. The van der Waals surface area contributed by atoms with E-state index in [1.807, 2.05) is 38.1 Å². The Balaban J connectivity index is 1.81. The number of anilines is 1. The standard InChI is InChI=1S/C19H21NO4S/c1-4-13-11(3)25-18(16(13)19(22)23-5-2)20-17(21)15-10-12-8-6-7-9-14(12)24-15/h6-9,15H,4-5,10H2,1-3H3,(H,20,21). The van der Waals surface area contributed by atoms with E-state index in [1.54, 1.807) is 6.92 Å². The first-order chi connectivity index (χ1) is 12.0. The van der Waals surface area contributed by atoms with Crippen LogP contribution < -0.4 is 10.1 Å². The lowest BCUT2D eigenvalue weighted by molar-refractivity contribution is -0.122. The summed E-state index contributed by atoms with van der Waals surface area (Å²) in [6.07, 6.45) is 0.652. The Morgan fingerprint density at radius 2 is 2.08 bits per heavy atom. The molecule has 0 saturated heterocycles. The highest BCUT2D eigenvalue weighted by molar-refractivity contribution is 7.16. The summed E-state index contributed by atoms with van der Waals surface area (Å²) in [6.45, 7) is 6.00. The van der Waals surface area contributed by atoms with E-state index in [4.69, 9.17) is 9.47 Å². The number of aryl methyl sites for hydroxylation is 1. The van der Waals surface area contributed by atoms with Crippen molar-refractivity contribution < 1.29 is 19.1 Å². The Kier molecular flexibility index (Phi) is 5.08. The Labute approximate surface area is 151 Å². The van der Waals surface area contributed by atoms with Crippen molar-refractivity contribution >= 4 is 28.2 Å². The second kappa shape index (κ2) is 7.27. The van der Waals surface area contributed by atoms with Crippen LogP contribution in [-0.2, 0) is 22.4 Å². The number of hydrogen-bond acceptors (Lipinski definition) is 5. The molecule has 0 radical (unpaired) electrons. The average Bonchev–Trinajstić information content (AvgIpc) is 3.15. The third-order valence-corrected chi connectivity index (χ3v) is 5.28. The van der Waals surface area contributed by atoms with E-state index in [0.29, 0.717) is 30.0 Å². The summed E-state index contributed by atoms with van der Waals surface area (Å²) in [6, 6.07) is 7.62. The van der Waals surface area contributed by atoms with Gasteiger partial charge in [-0.1, -0.05) is 25.1 Å². The quantitative estimate of drug-likeness (QED) is 0.826. The fourth-order valence-electron chi connectivity index (χ4n) is 3.03. The largest absolute Gasteiger partial charge is 0.480 e. The van der Waals surface area contributed by atoms with Crippen molar-refractivity contribution in [1.29, 1.82) is 0 Å². The minimum absolute atomic E-state index is 0.245. The van der Waals surface area contributed by atoms with Gasteiger partial charge < -0.3 is 14.8 Å². The molecule has 0 bridgehead atoms. The van der Waals surface area contributed by atoms with E-state index in [2.05, 4.69) is 5.32 Å². The van der Waals surface area contributed by atoms with Crippen LogP contribution in [-0.4, -0.2) is 24.6 Å². The van der Waals surface area contributed by atoms with Crippen LogP contribution in [0.3, 0.4) is 0 Å². The predicted octanol–water partition coefficient (Wildman–Crippen LogP) is 3.74. The van der Waals surface area contributed by atoms with Crippen LogP contribution in [0, 0.1) is 6.92 Å². The molecule has 1 amide bonds. The van der Waals surface area contributed by atoms with Crippen molar-refractivity contribution in [1.82, 2.24) is 0 Å². The molecule has 1 unspecified atom stereocenters. The maximum absolute atomic E-state index is 12.6. The van der Waals surface area contributed by atoms with Crippen LogP contribution in [0.15, 0.2) is 24.3 Å². The molecular formula is C19H21NO4S. The van der Waals surface area contributed by atoms with Gasteiger partial charge in [0.15, 0.2) is 6.10 Å². The molecule has 1 aliphatic rings. The van der Waals surface area contributed by atoms with Crippen LogP contribution in [0.5, 0.6) is 5.75 Å². The fraction of sp³-hybridized carbons (Fsp3) is 0.368. The van der Waals surface area contributed by atoms with E-state index in [0.717, 1.165) is 21.8 Å². The fourth-order valence-corrected chi connectivity index (χ4v) is 4.17. The number of ether oxygens (including phenoxy) is 2. The number of amides is 1. The molecule has 5 nitrogen and oxygen atoms in total. The first kappa shape index (κ1) is 17.5. The highest BCUT2D eigenvalue weighted by Crippen LogP contribution is 2.35. The lowest BCUT2D eigenvalue weighted by Gasteiger charge is -2.12. The molecule has 0 spiro atoms. The Morgan fingerprint density at radius 1 is 1.32 bits per heavy atom. The smallest absolute Gasteiger partial charge is 0.341 e. The maximum Gasteiger partial charge on any atom is 0.341 e. The molecule has 1 atom stereocenters.